The second-order valence-electron chi connectivity index (χ2n) is 11.1. The highest BCUT2D eigenvalue weighted by atomic mass is 19.4. The molecular formula is C28H30F5NO3. The molecule has 0 aromatic heterocycles. The maximum absolute atomic E-state index is 15.0. The van der Waals surface area contributed by atoms with Crippen molar-refractivity contribution in [2.45, 2.75) is 75.5 Å². The van der Waals surface area contributed by atoms with E-state index >= 15 is 8.78 Å². The summed E-state index contributed by atoms with van der Waals surface area (Å²) >= 11 is 0. The highest BCUT2D eigenvalue weighted by molar-refractivity contribution is 5.93. The number of carbonyl (C=O) groups is 1. The fourth-order valence-electron chi connectivity index (χ4n) is 7.64. The zero-order chi connectivity index (χ0) is 26.8. The minimum Gasteiger partial charge on any atom is -0.399 e. The Hall–Kier alpha value is -2.55. The number of allylic oxidation sites excluding steroid dienone is 4. The molecule has 5 atom stereocenters. The first-order chi connectivity index (χ1) is 17.3. The molecule has 0 spiro atoms. The Bertz CT molecular complexity index is 1190. The van der Waals surface area contributed by atoms with Crippen molar-refractivity contribution >= 4 is 12.0 Å². The zero-order valence-electron chi connectivity index (χ0n) is 20.7. The van der Waals surface area contributed by atoms with E-state index in [1.165, 1.54) is 20.2 Å². The summed E-state index contributed by atoms with van der Waals surface area (Å²) in [4.78, 5) is 16.8. The Kier molecular flexibility index (Phi) is 6.17. The van der Waals surface area contributed by atoms with Gasteiger partial charge in [0.05, 0.1) is 6.21 Å². The lowest BCUT2D eigenvalue weighted by atomic mass is 9.50. The molecule has 37 heavy (non-hydrogen) atoms. The molecule has 1 aromatic carbocycles. The van der Waals surface area contributed by atoms with Crippen LogP contribution in [0.25, 0.3) is 0 Å². The van der Waals surface area contributed by atoms with E-state index in [9.17, 15) is 23.1 Å². The van der Waals surface area contributed by atoms with Crippen LogP contribution in [0.15, 0.2) is 52.2 Å². The quantitative estimate of drug-likeness (QED) is 0.279. The predicted molar refractivity (Wildman–Crippen MR) is 127 cm³/mol. The van der Waals surface area contributed by atoms with Gasteiger partial charge < -0.3 is 9.94 Å². The largest absolute Gasteiger partial charge is 0.456 e. The molecule has 1 aromatic rings. The topological polar surface area (TPSA) is 58.9 Å². The number of alkyl halides is 5. The maximum atomic E-state index is 15.0. The Balaban J connectivity index is 1.66. The van der Waals surface area contributed by atoms with Crippen LogP contribution in [0.3, 0.4) is 0 Å². The lowest BCUT2D eigenvalue weighted by Gasteiger charge is -2.56. The predicted octanol–water partition coefficient (Wildman–Crippen LogP) is 6.50. The second-order valence-corrected chi connectivity index (χ2v) is 11.1. The van der Waals surface area contributed by atoms with Crippen molar-refractivity contribution in [1.29, 1.82) is 0 Å². The number of hydrogen-bond donors (Lipinski definition) is 1. The first-order valence-corrected chi connectivity index (χ1v) is 12.6. The molecule has 5 rings (SSSR count). The molecule has 0 saturated heterocycles. The van der Waals surface area contributed by atoms with E-state index in [0.29, 0.717) is 25.7 Å². The van der Waals surface area contributed by atoms with Crippen LogP contribution in [0.1, 0.15) is 68.9 Å². The van der Waals surface area contributed by atoms with Gasteiger partial charge in [-0.25, -0.2) is 0 Å². The molecule has 9 heteroatoms. The summed E-state index contributed by atoms with van der Waals surface area (Å²) in [6, 6.07) is 7.25. The van der Waals surface area contributed by atoms with Gasteiger partial charge in [-0.2, -0.15) is 22.0 Å². The van der Waals surface area contributed by atoms with Gasteiger partial charge in [0.2, 0.25) is 0 Å². The third-order valence-electron chi connectivity index (χ3n) is 9.41. The molecule has 2 fully saturated rings. The standard InChI is InChI=1S/C28H30F5NO3/c1-25-14-22(17-5-3-16(4-6-17)15-34-37-2)24-20-10-8-19(35)13-18(20)7-9-21(24)23(25)11-12-26(25,36)27(29,30)28(31,32)33/h3-6,13,15,21-23,36H,7-12,14H2,1-2H3/t21-,22+,23-,25-,26-/m0/s1. The molecule has 0 aliphatic heterocycles. The monoisotopic (exact) mass is 523 g/mol. The number of nitrogens with zero attached hydrogens (tertiary/aromatic N) is 1. The van der Waals surface area contributed by atoms with Gasteiger partial charge in [-0.15, -0.1) is 0 Å². The summed E-state index contributed by atoms with van der Waals surface area (Å²) in [5.74, 6) is -6.40. The van der Waals surface area contributed by atoms with Gasteiger partial charge in [-0.3, -0.25) is 4.79 Å². The van der Waals surface area contributed by atoms with Crippen molar-refractivity contribution in [1.82, 2.24) is 0 Å². The average Bonchev–Trinajstić information content (AvgIpc) is 3.13. The molecule has 0 unspecified atom stereocenters. The van der Waals surface area contributed by atoms with E-state index in [0.717, 1.165) is 27.8 Å². The number of aliphatic hydroxyl groups is 1. The SMILES string of the molecule is CON=Cc1ccc([C@H]2C[C@@]3(C)[C@@H](CC[C@@]3(O)C(F)(F)C(F)(F)F)[C@@H]3CCC4=CC(=O)CCC4=C32)cc1. The molecule has 4 nitrogen and oxygen atoms in total. The van der Waals surface area contributed by atoms with Crippen LogP contribution in [-0.2, 0) is 9.63 Å². The summed E-state index contributed by atoms with van der Waals surface area (Å²) in [5.41, 5.74) is -0.295. The van der Waals surface area contributed by atoms with Gasteiger partial charge in [0.1, 0.15) is 12.7 Å². The van der Waals surface area contributed by atoms with E-state index in [-0.39, 0.29) is 24.5 Å². The third-order valence-corrected chi connectivity index (χ3v) is 9.41. The van der Waals surface area contributed by atoms with Crippen LogP contribution in [-0.4, -0.2) is 41.9 Å². The van der Waals surface area contributed by atoms with Crippen molar-refractivity contribution < 1.29 is 36.7 Å². The molecule has 1 N–H and O–H groups in total. The van der Waals surface area contributed by atoms with Crippen molar-refractivity contribution in [3.63, 3.8) is 0 Å². The lowest BCUT2D eigenvalue weighted by Crippen LogP contribution is -2.65. The van der Waals surface area contributed by atoms with Crippen molar-refractivity contribution in [3.8, 4) is 0 Å². The minimum absolute atomic E-state index is 0.0398. The van der Waals surface area contributed by atoms with Gasteiger partial charge in [-0.1, -0.05) is 41.9 Å². The second kappa shape index (κ2) is 8.75. The number of ketones is 1. The van der Waals surface area contributed by atoms with Gasteiger partial charge >= 0.3 is 12.1 Å². The Morgan fingerprint density at radius 2 is 1.78 bits per heavy atom. The molecule has 2 saturated carbocycles. The number of benzene rings is 1. The smallest absolute Gasteiger partial charge is 0.399 e. The molecule has 0 bridgehead atoms. The first-order valence-electron chi connectivity index (χ1n) is 12.6. The zero-order valence-corrected chi connectivity index (χ0v) is 20.7. The number of carbonyl (C=O) groups excluding carboxylic acids is 1. The van der Waals surface area contributed by atoms with Gasteiger partial charge in [0.25, 0.3) is 0 Å². The Labute approximate surface area is 212 Å². The molecule has 0 radical (unpaired) electrons. The molecule has 0 amide bonds. The average molecular weight is 524 g/mol. The van der Waals surface area contributed by atoms with Crippen molar-refractivity contribution in [2.75, 3.05) is 7.11 Å². The van der Waals surface area contributed by atoms with Crippen molar-refractivity contribution in [2.24, 2.45) is 22.4 Å². The summed E-state index contributed by atoms with van der Waals surface area (Å²) in [7, 11) is 1.42. The number of hydrogen-bond acceptors (Lipinski definition) is 4. The van der Waals surface area contributed by atoms with Gasteiger partial charge in [0.15, 0.2) is 5.78 Å². The van der Waals surface area contributed by atoms with Crippen LogP contribution in [0.2, 0.25) is 0 Å². The van der Waals surface area contributed by atoms with Crippen LogP contribution >= 0.6 is 0 Å². The summed E-state index contributed by atoms with van der Waals surface area (Å²) in [6.07, 6.45) is -1.21. The molecule has 4 aliphatic rings. The maximum Gasteiger partial charge on any atom is 0.456 e. The van der Waals surface area contributed by atoms with Crippen molar-refractivity contribution in [3.05, 3.63) is 58.2 Å². The van der Waals surface area contributed by atoms with Crippen LogP contribution in [0, 0.1) is 17.3 Å². The van der Waals surface area contributed by atoms with Gasteiger partial charge in [0, 0.05) is 17.8 Å². The Morgan fingerprint density at radius 3 is 2.43 bits per heavy atom. The van der Waals surface area contributed by atoms with E-state index in [1.54, 1.807) is 18.2 Å². The van der Waals surface area contributed by atoms with Crippen LogP contribution in [0.5, 0.6) is 0 Å². The number of halogens is 5. The Morgan fingerprint density at radius 1 is 1.08 bits per heavy atom. The number of fused-ring (bicyclic) bond motifs is 4. The summed E-state index contributed by atoms with van der Waals surface area (Å²) in [6.45, 7) is 1.42. The van der Waals surface area contributed by atoms with E-state index in [2.05, 4.69) is 5.16 Å². The highest BCUT2D eigenvalue weighted by Gasteiger charge is 2.79. The minimum atomic E-state index is -5.86. The molecular weight excluding hydrogens is 493 g/mol. The summed E-state index contributed by atoms with van der Waals surface area (Å²) in [5, 5.41) is 15.0. The number of oxime groups is 1. The first kappa shape index (κ1) is 26.1. The van der Waals surface area contributed by atoms with E-state index in [4.69, 9.17) is 4.84 Å². The normalized spacial score (nSPS) is 34.2. The fourth-order valence-corrected chi connectivity index (χ4v) is 7.64. The molecule has 4 aliphatic carbocycles. The molecule has 0 heterocycles. The van der Waals surface area contributed by atoms with E-state index in [1.807, 2.05) is 12.1 Å². The lowest BCUT2D eigenvalue weighted by molar-refractivity contribution is -0.362. The van der Waals surface area contributed by atoms with Crippen LogP contribution in [0.4, 0.5) is 22.0 Å². The van der Waals surface area contributed by atoms with Crippen LogP contribution < -0.4 is 0 Å². The summed E-state index contributed by atoms with van der Waals surface area (Å²) < 4.78 is 70.9. The molecule has 200 valence electrons. The third kappa shape index (κ3) is 3.79. The van der Waals surface area contributed by atoms with E-state index < -0.39 is 41.4 Å². The fraction of sp³-hybridized carbons (Fsp3) is 0.571. The number of rotatable bonds is 4. The van der Waals surface area contributed by atoms with Gasteiger partial charge in [-0.05, 0) is 78.7 Å². The highest BCUT2D eigenvalue weighted by Crippen LogP contribution is 2.70.